The van der Waals surface area contributed by atoms with Crippen molar-refractivity contribution in [3.8, 4) is 0 Å². The number of hydrogen-bond donors (Lipinski definition) is 1. The number of piperazine rings is 1. The van der Waals surface area contributed by atoms with E-state index in [9.17, 15) is 4.79 Å². The van der Waals surface area contributed by atoms with Crippen molar-refractivity contribution in [2.75, 3.05) is 36.4 Å². The molecule has 1 aliphatic rings. The van der Waals surface area contributed by atoms with E-state index in [4.69, 9.17) is 11.6 Å². The van der Waals surface area contributed by atoms with E-state index >= 15 is 0 Å². The Morgan fingerprint density at radius 3 is 2.65 bits per heavy atom. The highest BCUT2D eigenvalue weighted by Gasteiger charge is 2.23. The molecule has 0 saturated carbocycles. The maximum absolute atomic E-state index is 12.8. The van der Waals surface area contributed by atoms with E-state index in [1.807, 2.05) is 41.4 Å². The van der Waals surface area contributed by atoms with E-state index in [1.165, 1.54) is 18.4 Å². The van der Waals surface area contributed by atoms with Crippen LogP contribution in [-0.2, 0) is 6.42 Å². The van der Waals surface area contributed by atoms with E-state index in [-0.39, 0.29) is 6.03 Å². The topological polar surface area (TPSA) is 48.5 Å². The van der Waals surface area contributed by atoms with Crippen molar-refractivity contribution in [2.45, 2.75) is 33.1 Å². The average Bonchev–Trinajstić information content (AvgIpc) is 2.78. The number of pyridine rings is 1. The van der Waals surface area contributed by atoms with Crippen molar-refractivity contribution in [3.63, 3.8) is 0 Å². The van der Waals surface area contributed by atoms with Crippen LogP contribution in [0, 0.1) is 6.92 Å². The van der Waals surface area contributed by atoms with Gasteiger partial charge in [0.2, 0.25) is 0 Å². The van der Waals surface area contributed by atoms with Gasteiger partial charge in [-0.3, -0.25) is 4.98 Å². The number of nitrogens with zero attached hydrogens (tertiary/aromatic N) is 3. The predicted octanol–water partition coefficient (Wildman–Crippen LogP) is 5.89. The molecule has 2 heterocycles. The molecule has 1 aromatic heterocycles. The molecule has 0 spiro atoms. The Bertz CT molecular complexity index is 1080. The Hall–Kier alpha value is -2.79. The van der Waals surface area contributed by atoms with Crippen LogP contribution in [0.4, 0.5) is 16.2 Å². The number of hydrogen-bond acceptors (Lipinski definition) is 3. The predicted molar refractivity (Wildman–Crippen MR) is 129 cm³/mol. The summed E-state index contributed by atoms with van der Waals surface area (Å²) in [5, 5.41) is 4.87. The van der Waals surface area contributed by atoms with Crippen molar-refractivity contribution >= 4 is 39.9 Å². The number of carbonyl (C=O) groups is 1. The van der Waals surface area contributed by atoms with E-state index in [0.29, 0.717) is 18.1 Å². The molecule has 5 nitrogen and oxygen atoms in total. The molecule has 2 amide bonds. The standard InChI is InChI=1S/C25H29ClN4O/c1-3-4-5-19-6-9-22(18(2)16-19)28-25(31)30-14-12-29(13-15-30)24-10-11-27-23-17-20(26)7-8-21(23)24/h6-11,16-17H,3-5,12-15H2,1-2H3,(H,28,31). The van der Waals surface area contributed by atoms with Gasteiger partial charge < -0.3 is 15.1 Å². The lowest BCUT2D eigenvalue weighted by Crippen LogP contribution is -2.50. The van der Waals surface area contributed by atoms with Crippen LogP contribution in [0.1, 0.15) is 30.9 Å². The number of carbonyl (C=O) groups excluding carboxylic acids is 1. The molecule has 31 heavy (non-hydrogen) atoms. The number of halogens is 1. The normalized spacial score (nSPS) is 14.2. The Kier molecular flexibility index (Phi) is 6.62. The van der Waals surface area contributed by atoms with Crippen molar-refractivity contribution in [2.24, 2.45) is 0 Å². The average molecular weight is 437 g/mol. The van der Waals surface area contributed by atoms with Gasteiger partial charge in [-0.1, -0.05) is 37.1 Å². The summed E-state index contributed by atoms with van der Waals surface area (Å²) in [5.41, 5.74) is 5.37. The molecule has 3 aromatic rings. The molecule has 1 N–H and O–H groups in total. The number of aromatic nitrogens is 1. The summed E-state index contributed by atoms with van der Waals surface area (Å²) in [7, 11) is 0. The highest BCUT2D eigenvalue weighted by Crippen LogP contribution is 2.28. The summed E-state index contributed by atoms with van der Waals surface area (Å²) >= 11 is 6.11. The maximum atomic E-state index is 12.8. The third kappa shape index (κ3) is 4.93. The Morgan fingerprint density at radius 1 is 1.10 bits per heavy atom. The molecule has 0 radical (unpaired) electrons. The van der Waals surface area contributed by atoms with Gasteiger partial charge in [-0.2, -0.15) is 0 Å². The third-order valence-electron chi connectivity index (χ3n) is 5.94. The van der Waals surface area contributed by atoms with Crippen LogP contribution in [0.3, 0.4) is 0 Å². The van der Waals surface area contributed by atoms with Crippen LogP contribution in [-0.4, -0.2) is 42.1 Å². The van der Waals surface area contributed by atoms with Crippen molar-refractivity contribution in [1.82, 2.24) is 9.88 Å². The van der Waals surface area contributed by atoms with Gasteiger partial charge in [0.05, 0.1) is 5.52 Å². The van der Waals surface area contributed by atoms with E-state index in [2.05, 4.69) is 41.2 Å². The van der Waals surface area contributed by atoms with Gasteiger partial charge in [-0.25, -0.2) is 4.79 Å². The highest BCUT2D eigenvalue weighted by atomic mass is 35.5. The van der Waals surface area contributed by atoms with Gasteiger partial charge in [0.1, 0.15) is 0 Å². The van der Waals surface area contributed by atoms with Crippen LogP contribution in [0.2, 0.25) is 5.02 Å². The molecular formula is C25H29ClN4O. The second kappa shape index (κ2) is 9.56. The Morgan fingerprint density at radius 2 is 1.90 bits per heavy atom. The number of anilines is 2. The van der Waals surface area contributed by atoms with Crippen LogP contribution in [0.25, 0.3) is 10.9 Å². The van der Waals surface area contributed by atoms with Crippen molar-refractivity contribution in [1.29, 1.82) is 0 Å². The van der Waals surface area contributed by atoms with E-state index in [0.717, 1.165) is 47.4 Å². The first-order valence-electron chi connectivity index (χ1n) is 11.0. The van der Waals surface area contributed by atoms with Gasteiger partial charge in [-0.05, 0) is 61.2 Å². The number of amides is 2. The number of fused-ring (bicyclic) bond motifs is 1. The van der Waals surface area contributed by atoms with Gasteiger partial charge in [0.15, 0.2) is 0 Å². The number of aryl methyl sites for hydroxylation is 2. The fraction of sp³-hybridized carbons (Fsp3) is 0.360. The molecule has 0 atom stereocenters. The summed E-state index contributed by atoms with van der Waals surface area (Å²) in [6.07, 6.45) is 5.28. The summed E-state index contributed by atoms with van der Waals surface area (Å²) in [4.78, 5) is 21.5. The minimum Gasteiger partial charge on any atom is -0.367 e. The Balaban J connectivity index is 1.38. The minimum absolute atomic E-state index is 0.0320. The van der Waals surface area contributed by atoms with Gasteiger partial charge in [-0.15, -0.1) is 0 Å². The number of unbranched alkanes of at least 4 members (excludes halogenated alkanes) is 1. The summed E-state index contributed by atoms with van der Waals surface area (Å²) in [6, 6.07) is 14.1. The second-order valence-electron chi connectivity index (χ2n) is 8.15. The van der Waals surface area contributed by atoms with E-state index < -0.39 is 0 Å². The lowest BCUT2D eigenvalue weighted by atomic mass is 10.0. The monoisotopic (exact) mass is 436 g/mol. The summed E-state index contributed by atoms with van der Waals surface area (Å²) < 4.78 is 0. The SMILES string of the molecule is CCCCc1ccc(NC(=O)N2CCN(c3ccnc4cc(Cl)ccc34)CC2)c(C)c1. The largest absolute Gasteiger partial charge is 0.367 e. The first-order valence-corrected chi connectivity index (χ1v) is 11.4. The fourth-order valence-corrected chi connectivity index (χ4v) is 4.30. The number of benzene rings is 2. The lowest BCUT2D eigenvalue weighted by Gasteiger charge is -2.36. The zero-order valence-electron chi connectivity index (χ0n) is 18.2. The zero-order chi connectivity index (χ0) is 21.8. The minimum atomic E-state index is -0.0320. The van der Waals surface area contributed by atoms with E-state index in [1.54, 1.807) is 0 Å². The quantitative estimate of drug-likeness (QED) is 0.542. The van der Waals surface area contributed by atoms with Crippen LogP contribution < -0.4 is 10.2 Å². The lowest BCUT2D eigenvalue weighted by molar-refractivity contribution is 0.208. The smallest absolute Gasteiger partial charge is 0.321 e. The second-order valence-corrected chi connectivity index (χ2v) is 8.59. The highest BCUT2D eigenvalue weighted by molar-refractivity contribution is 6.31. The summed E-state index contributed by atoms with van der Waals surface area (Å²) in [5.74, 6) is 0. The number of nitrogens with one attached hydrogen (secondary N) is 1. The molecule has 1 aliphatic heterocycles. The van der Waals surface area contributed by atoms with Crippen LogP contribution >= 0.6 is 11.6 Å². The van der Waals surface area contributed by atoms with Crippen molar-refractivity contribution in [3.05, 3.63) is 64.8 Å². The van der Waals surface area contributed by atoms with Gasteiger partial charge in [0.25, 0.3) is 0 Å². The van der Waals surface area contributed by atoms with Crippen LogP contribution in [0.5, 0.6) is 0 Å². The first-order chi connectivity index (χ1) is 15.0. The summed E-state index contributed by atoms with van der Waals surface area (Å²) in [6.45, 7) is 7.18. The number of urea groups is 1. The fourth-order valence-electron chi connectivity index (χ4n) is 4.13. The molecule has 2 aromatic carbocycles. The molecule has 0 unspecified atom stereocenters. The molecule has 6 heteroatoms. The maximum Gasteiger partial charge on any atom is 0.321 e. The molecule has 1 saturated heterocycles. The van der Waals surface area contributed by atoms with Crippen molar-refractivity contribution < 1.29 is 4.79 Å². The first kappa shape index (κ1) is 21.4. The van der Waals surface area contributed by atoms with Crippen LogP contribution in [0.15, 0.2) is 48.7 Å². The zero-order valence-corrected chi connectivity index (χ0v) is 19.0. The molecule has 0 bridgehead atoms. The van der Waals surface area contributed by atoms with Gasteiger partial charge >= 0.3 is 6.03 Å². The molecule has 0 aliphatic carbocycles. The molecule has 4 rings (SSSR count). The Labute approximate surface area is 189 Å². The van der Waals surface area contributed by atoms with Gasteiger partial charge in [0, 0.05) is 54.2 Å². The molecule has 1 fully saturated rings. The molecular weight excluding hydrogens is 408 g/mol. The molecule has 162 valence electrons. The third-order valence-corrected chi connectivity index (χ3v) is 6.18. The number of rotatable bonds is 5.